The minimum Gasteiger partial charge on any atom is -0.464 e. The summed E-state index contributed by atoms with van der Waals surface area (Å²) in [6.45, 7) is 4.98. The molecule has 1 aliphatic heterocycles. The van der Waals surface area contributed by atoms with Gasteiger partial charge >= 0.3 is 0 Å². The van der Waals surface area contributed by atoms with E-state index in [1.165, 1.54) is 6.42 Å². The van der Waals surface area contributed by atoms with E-state index in [1.54, 1.807) is 4.90 Å². The molecule has 1 fully saturated rings. The Labute approximate surface area is 165 Å². The molecule has 1 aliphatic carbocycles. The lowest BCUT2D eigenvalue weighted by molar-refractivity contribution is -0.120. The van der Waals surface area contributed by atoms with E-state index < -0.39 is 0 Å². The average Bonchev–Trinajstić information content (AvgIpc) is 3.21. The number of hydrogen-bond acceptors (Lipinski definition) is 4. The Morgan fingerprint density at radius 3 is 2.75 bits per heavy atom. The van der Waals surface area contributed by atoms with Crippen molar-refractivity contribution < 1.29 is 14.0 Å². The molecule has 1 aromatic heterocycles. The van der Waals surface area contributed by atoms with Crippen molar-refractivity contribution in [3.63, 3.8) is 0 Å². The molecule has 1 N–H and O–H groups in total. The van der Waals surface area contributed by atoms with Crippen molar-refractivity contribution in [2.24, 2.45) is 5.92 Å². The molecular weight excluding hydrogens is 354 g/mol. The maximum absolute atomic E-state index is 13.1. The first-order valence-corrected chi connectivity index (χ1v) is 9.90. The Morgan fingerprint density at radius 2 is 2.00 bits per heavy atom. The predicted molar refractivity (Wildman–Crippen MR) is 108 cm³/mol. The monoisotopic (exact) mass is 381 g/mol. The largest absolute Gasteiger partial charge is 0.464 e. The SMILES string of the molecule is CC1CC1c1ccc(CN(C)CC(=O)N2c3ccccc3NC(=O)CC2C)o1. The van der Waals surface area contributed by atoms with E-state index in [0.717, 1.165) is 17.2 Å². The zero-order valence-electron chi connectivity index (χ0n) is 16.6. The summed E-state index contributed by atoms with van der Waals surface area (Å²) in [7, 11) is 1.91. The second-order valence-electron chi connectivity index (χ2n) is 8.18. The van der Waals surface area contributed by atoms with E-state index >= 15 is 0 Å². The first-order valence-electron chi connectivity index (χ1n) is 9.90. The molecule has 6 nitrogen and oxygen atoms in total. The van der Waals surface area contributed by atoms with Crippen molar-refractivity contribution in [3.8, 4) is 0 Å². The molecule has 3 unspecified atom stereocenters. The van der Waals surface area contributed by atoms with E-state index in [1.807, 2.05) is 49.2 Å². The zero-order valence-corrected chi connectivity index (χ0v) is 16.6. The number of nitrogens with zero attached hydrogens (tertiary/aromatic N) is 2. The molecule has 0 saturated heterocycles. The normalized spacial score (nSPS) is 23.9. The molecule has 0 spiro atoms. The van der Waals surface area contributed by atoms with Gasteiger partial charge < -0.3 is 14.6 Å². The third kappa shape index (κ3) is 3.83. The first-order chi connectivity index (χ1) is 13.4. The van der Waals surface area contributed by atoms with Gasteiger partial charge in [0.1, 0.15) is 11.5 Å². The third-order valence-corrected chi connectivity index (χ3v) is 5.62. The summed E-state index contributed by atoms with van der Waals surface area (Å²) < 4.78 is 5.97. The standard InChI is InChI=1S/C22H27N3O3/c1-14-10-17(14)20-9-8-16(28-20)12-24(3)13-22(27)25-15(2)11-21(26)23-18-6-4-5-7-19(18)25/h4-9,14-15,17H,10-13H2,1-3H3,(H,23,26). The molecule has 2 heterocycles. The molecule has 2 aliphatic rings. The number of carbonyl (C=O) groups is 2. The molecule has 1 aromatic carbocycles. The van der Waals surface area contributed by atoms with Crippen LogP contribution in [0.3, 0.4) is 0 Å². The van der Waals surface area contributed by atoms with Gasteiger partial charge in [0.15, 0.2) is 0 Å². The van der Waals surface area contributed by atoms with Gasteiger partial charge in [-0.3, -0.25) is 14.5 Å². The Morgan fingerprint density at radius 1 is 1.25 bits per heavy atom. The number of likely N-dealkylation sites (N-methyl/N-ethyl adjacent to an activating group) is 1. The summed E-state index contributed by atoms with van der Waals surface area (Å²) in [6, 6.07) is 11.3. The van der Waals surface area contributed by atoms with Crippen LogP contribution in [0.15, 0.2) is 40.8 Å². The molecule has 6 heteroatoms. The van der Waals surface area contributed by atoms with Gasteiger partial charge in [0.25, 0.3) is 0 Å². The number of amides is 2. The van der Waals surface area contributed by atoms with E-state index in [9.17, 15) is 9.59 Å². The van der Waals surface area contributed by atoms with Gasteiger partial charge in [-0.2, -0.15) is 0 Å². The van der Waals surface area contributed by atoms with Crippen molar-refractivity contribution in [1.29, 1.82) is 0 Å². The average molecular weight is 381 g/mol. The van der Waals surface area contributed by atoms with E-state index in [-0.39, 0.29) is 30.8 Å². The molecule has 1 saturated carbocycles. The molecule has 148 valence electrons. The zero-order chi connectivity index (χ0) is 19.8. The fourth-order valence-corrected chi connectivity index (χ4v) is 3.99. The Balaban J connectivity index is 1.44. The maximum atomic E-state index is 13.1. The van der Waals surface area contributed by atoms with Gasteiger partial charge in [-0.15, -0.1) is 0 Å². The highest BCUT2D eigenvalue weighted by molar-refractivity contribution is 6.04. The number of anilines is 2. The molecular formula is C22H27N3O3. The van der Waals surface area contributed by atoms with Crippen LogP contribution in [0.4, 0.5) is 11.4 Å². The number of benzene rings is 1. The maximum Gasteiger partial charge on any atom is 0.241 e. The molecule has 0 radical (unpaired) electrons. The summed E-state index contributed by atoms with van der Waals surface area (Å²) >= 11 is 0. The van der Waals surface area contributed by atoms with Crippen molar-refractivity contribution in [2.75, 3.05) is 23.8 Å². The highest BCUT2D eigenvalue weighted by Crippen LogP contribution is 2.47. The Hall–Kier alpha value is -2.60. The van der Waals surface area contributed by atoms with Gasteiger partial charge in [-0.05, 0) is 50.6 Å². The minimum atomic E-state index is -0.198. The van der Waals surface area contributed by atoms with Crippen molar-refractivity contribution in [1.82, 2.24) is 4.90 Å². The van der Waals surface area contributed by atoms with Crippen molar-refractivity contribution in [3.05, 3.63) is 47.9 Å². The van der Waals surface area contributed by atoms with E-state index in [4.69, 9.17) is 4.42 Å². The minimum absolute atomic E-state index is 0.0263. The van der Waals surface area contributed by atoms with Crippen molar-refractivity contribution >= 4 is 23.2 Å². The number of para-hydroxylation sites is 2. The highest BCUT2D eigenvalue weighted by atomic mass is 16.3. The van der Waals surface area contributed by atoms with Crippen LogP contribution in [-0.2, 0) is 16.1 Å². The van der Waals surface area contributed by atoms with Crippen LogP contribution in [0.2, 0.25) is 0 Å². The number of nitrogens with one attached hydrogen (secondary N) is 1. The molecule has 28 heavy (non-hydrogen) atoms. The quantitative estimate of drug-likeness (QED) is 0.859. The van der Waals surface area contributed by atoms with Crippen molar-refractivity contribution in [2.45, 2.75) is 45.2 Å². The lowest BCUT2D eigenvalue weighted by Gasteiger charge is -2.29. The summed E-state index contributed by atoms with van der Waals surface area (Å²) in [6.07, 6.45) is 1.48. The predicted octanol–water partition coefficient (Wildman–Crippen LogP) is 3.60. The van der Waals surface area contributed by atoms with Gasteiger partial charge in [-0.1, -0.05) is 19.1 Å². The molecule has 2 amide bonds. The van der Waals surface area contributed by atoms with Crippen LogP contribution in [0.25, 0.3) is 0 Å². The Bertz CT molecular complexity index is 891. The number of hydrogen-bond donors (Lipinski definition) is 1. The lowest BCUT2D eigenvalue weighted by atomic mass is 10.1. The number of rotatable bonds is 5. The summed E-state index contributed by atoms with van der Waals surface area (Å²) in [5.41, 5.74) is 1.43. The first kappa shape index (κ1) is 18.7. The van der Waals surface area contributed by atoms with Crippen LogP contribution in [-0.4, -0.2) is 36.3 Å². The highest BCUT2D eigenvalue weighted by Gasteiger charge is 2.36. The summed E-state index contributed by atoms with van der Waals surface area (Å²) in [4.78, 5) is 28.9. The molecule has 2 aromatic rings. The number of furan rings is 1. The van der Waals surface area contributed by atoms with Gasteiger partial charge in [-0.25, -0.2) is 0 Å². The fraction of sp³-hybridized carbons (Fsp3) is 0.455. The smallest absolute Gasteiger partial charge is 0.241 e. The lowest BCUT2D eigenvalue weighted by Crippen LogP contribution is -2.44. The summed E-state index contributed by atoms with van der Waals surface area (Å²) in [5, 5.41) is 2.89. The molecule has 0 bridgehead atoms. The molecule has 3 atom stereocenters. The molecule has 4 rings (SSSR count). The van der Waals surface area contributed by atoms with Crippen LogP contribution in [0.5, 0.6) is 0 Å². The van der Waals surface area contributed by atoms with Gasteiger partial charge in [0.2, 0.25) is 11.8 Å². The summed E-state index contributed by atoms with van der Waals surface area (Å²) in [5.74, 6) is 3.11. The Kier molecular flexibility index (Phi) is 4.98. The van der Waals surface area contributed by atoms with Crippen LogP contribution in [0, 0.1) is 5.92 Å². The number of fused-ring (bicyclic) bond motifs is 1. The van der Waals surface area contributed by atoms with E-state index in [2.05, 4.69) is 18.3 Å². The van der Waals surface area contributed by atoms with Crippen LogP contribution in [0.1, 0.15) is 44.1 Å². The number of carbonyl (C=O) groups excluding carboxylic acids is 2. The fourth-order valence-electron chi connectivity index (χ4n) is 3.99. The second kappa shape index (κ2) is 7.43. The third-order valence-electron chi connectivity index (χ3n) is 5.62. The topological polar surface area (TPSA) is 65.8 Å². The van der Waals surface area contributed by atoms with Gasteiger partial charge in [0, 0.05) is 18.4 Å². The van der Waals surface area contributed by atoms with Gasteiger partial charge in [0.05, 0.1) is 24.5 Å². The van der Waals surface area contributed by atoms with E-state index in [0.29, 0.717) is 24.1 Å². The second-order valence-corrected chi connectivity index (χ2v) is 8.18. The van der Waals surface area contributed by atoms with Crippen LogP contribution >= 0.6 is 0 Å². The van der Waals surface area contributed by atoms with Crippen LogP contribution < -0.4 is 10.2 Å².